The molecule has 0 rings (SSSR count). The first-order valence-electron chi connectivity index (χ1n) is 1.75. The predicted octanol–water partition coefficient (Wildman–Crippen LogP) is 2.26. The number of halogens is 2. The molecule has 7 heavy (non-hydrogen) atoms. The van der Waals surface area contributed by atoms with E-state index in [1.54, 1.807) is 12.1 Å². The third kappa shape index (κ3) is 4.51. The first-order valence-corrected chi connectivity index (χ1v) is 3.46. The molecule has 3 heteroatoms. The Hall–Kier alpha value is 0.660. The summed E-state index contributed by atoms with van der Waals surface area (Å²) in [6, 6.07) is 0. The Labute approximate surface area is 60.0 Å². The van der Waals surface area contributed by atoms with Crippen LogP contribution in [-0.4, -0.2) is 13.7 Å². The zero-order valence-electron chi connectivity index (χ0n) is 3.95. The molecule has 0 aromatic heterocycles. The van der Waals surface area contributed by atoms with Crippen LogP contribution in [-0.2, 0) is 4.74 Å². The molecule has 42 valence electrons. The van der Waals surface area contributed by atoms with Gasteiger partial charge in [-0.2, -0.15) is 0 Å². The van der Waals surface area contributed by atoms with E-state index in [0.29, 0.717) is 6.61 Å². The summed E-state index contributed by atoms with van der Waals surface area (Å²) in [5.74, 6) is 0. The molecule has 0 aliphatic rings. The van der Waals surface area contributed by atoms with Crippen molar-refractivity contribution in [1.82, 2.24) is 0 Å². The van der Waals surface area contributed by atoms with Gasteiger partial charge >= 0.3 is 0 Å². The summed E-state index contributed by atoms with van der Waals surface area (Å²) < 4.78 is 5.76. The Morgan fingerprint density at radius 3 is 2.57 bits per heavy atom. The summed E-state index contributed by atoms with van der Waals surface area (Å²) in [6.07, 6.45) is 0. The summed E-state index contributed by atoms with van der Waals surface area (Å²) in [4.78, 5) is 1.77. The maximum Gasteiger partial charge on any atom is 0.0783 e. The van der Waals surface area contributed by atoms with E-state index in [-0.39, 0.29) is 0 Å². The third-order valence-electron chi connectivity index (χ3n) is 0.401. The molecule has 0 radical (unpaired) electrons. The molecule has 0 aromatic rings. The van der Waals surface area contributed by atoms with Crippen molar-refractivity contribution < 1.29 is 4.74 Å². The van der Waals surface area contributed by atoms with Crippen molar-refractivity contribution in [1.29, 1.82) is 0 Å². The molecule has 1 nitrogen and oxygen atoms in total. The quantitative estimate of drug-likeness (QED) is 0.706. The van der Waals surface area contributed by atoms with Crippen molar-refractivity contribution in [2.45, 2.75) is 0 Å². The minimum absolute atomic E-state index is 0.630. The molecule has 0 unspecified atom stereocenters. The van der Waals surface area contributed by atoms with E-state index in [4.69, 9.17) is 4.74 Å². The third-order valence-corrected chi connectivity index (χ3v) is 2.03. The maximum atomic E-state index is 4.75. The van der Waals surface area contributed by atoms with Gasteiger partial charge in [-0.1, -0.05) is 31.9 Å². The van der Waals surface area contributed by atoms with Crippen molar-refractivity contribution in [3.05, 3.63) is 9.47 Å². The highest BCUT2D eigenvalue weighted by atomic mass is 79.9. The summed E-state index contributed by atoms with van der Waals surface area (Å²) in [5.41, 5.74) is 0. The smallest absolute Gasteiger partial charge is 0.0783 e. The minimum atomic E-state index is 0.630. The van der Waals surface area contributed by atoms with Gasteiger partial charge < -0.3 is 4.74 Å². The number of hydrogen-bond acceptors (Lipinski definition) is 1. The standard InChI is InChI=1S/C4H6Br2O/c1-7-3-4(6)2-5/h2H,3H2,1H3/b4-2-. The number of methoxy groups -OCH3 is 1. The number of rotatable bonds is 2. The molecule has 0 amide bonds. The van der Waals surface area contributed by atoms with Crippen LogP contribution in [0, 0.1) is 0 Å². The second-order valence-corrected chi connectivity index (χ2v) is 2.47. The molecule has 0 fully saturated rings. The fourth-order valence-corrected chi connectivity index (χ4v) is 0.530. The van der Waals surface area contributed by atoms with Crippen molar-refractivity contribution in [3.8, 4) is 0 Å². The van der Waals surface area contributed by atoms with E-state index in [1.165, 1.54) is 0 Å². The Balaban J connectivity index is 3.17. The van der Waals surface area contributed by atoms with Crippen LogP contribution in [0.2, 0.25) is 0 Å². The van der Waals surface area contributed by atoms with Gasteiger partial charge in [0, 0.05) is 11.6 Å². The fourth-order valence-electron chi connectivity index (χ4n) is 0.169. The number of hydrogen-bond donors (Lipinski definition) is 0. The molecule has 0 saturated carbocycles. The second-order valence-electron chi connectivity index (χ2n) is 0.989. The summed E-state index contributed by atoms with van der Waals surface area (Å²) in [6.45, 7) is 0.630. The molecule has 0 bridgehead atoms. The van der Waals surface area contributed by atoms with Crippen LogP contribution in [0.3, 0.4) is 0 Å². The van der Waals surface area contributed by atoms with Gasteiger partial charge in [0.2, 0.25) is 0 Å². The van der Waals surface area contributed by atoms with Crippen molar-refractivity contribution >= 4 is 31.9 Å². The molecule has 0 heterocycles. The van der Waals surface area contributed by atoms with Crippen LogP contribution in [0.4, 0.5) is 0 Å². The minimum Gasteiger partial charge on any atom is -0.379 e. The zero-order valence-corrected chi connectivity index (χ0v) is 7.12. The summed E-state index contributed by atoms with van der Waals surface area (Å²) in [5, 5.41) is 0. The molecule has 0 saturated heterocycles. The van der Waals surface area contributed by atoms with Gasteiger partial charge in [-0.3, -0.25) is 0 Å². The van der Waals surface area contributed by atoms with Gasteiger partial charge in [0.05, 0.1) is 6.61 Å². The molecule has 0 atom stereocenters. The maximum absolute atomic E-state index is 4.75. The van der Waals surface area contributed by atoms with Crippen LogP contribution in [0.15, 0.2) is 9.47 Å². The summed E-state index contributed by atoms with van der Waals surface area (Å²) in [7, 11) is 1.65. The highest BCUT2D eigenvalue weighted by Crippen LogP contribution is 2.06. The monoisotopic (exact) mass is 228 g/mol. The van der Waals surface area contributed by atoms with Crippen LogP contribution in [0.1, 0.15) is 0 Å². The Morgan fingerprint density at radius 1 is 1.86 bits per heavy atom. The van der Waals surface area contributed by atoms with Gasteiger partial charge in [0.15, 0.2) is 0 Å². The van der Waals surface area contributed by atoms with Gasteiger partial charge in [-0.15, -0.1) is 0 Å². The van der Waals surface area contributed by atoms with E-state index in [2.05, 4.69) is 31.9 Å². The molecular formula is C4H6Br2O. The predicted molar refractivity (Wildman–Crippen MR) is 37.8 cm³/mol. The zero-order chi connectivity index (χ0) is 5.70. The van der Waals surface area contributed by atoms with E-state index in [0.717, 1.165) is 4.48 Å². The van der Waals surface area contributed by atoms with Gasteiger partial charge in [-0.05, 0) is 4.99 Å². The molecule has 0 spiro atoms. The Morgan fingerprint density at radius 2 is 2.43 bits per heavy atom. The van der Waals surface area contributed by atoms with Gasteiger partial charge in [-0.25, -0.2) is 0 Å². The van der Waals surface area contributed by atoms with Gasteiger partial charge in [0.1, 0.15) is 0 Å². The van der Waals surface area contributed by atoms with Crippen LogP contribution >= 0.6 is 31.9 Å². The second kappa shape index (κ2) is 4.81. The van der Waals surface area contributed by atoms with Crippen LogP contribution in [0.25, 0.3) is 0 Å². The molecular weight excluding hydrogens is 224 g/mol. The topological polar surface area (TPSA) is 9.23 Å². The van der Waals surface area contributed by atoms with E-state index < -0.39 is 0 Å². The lowest BCUT2D eigenvalue weighted by atomic mass is 10.7. The SMILES string of the molecule is COC/C(Br)=C/Br. The average Bonchev–Trinajstić information content (AvgIpc) is 1.68. The molecule has 0 aliphatic heterocycles. The lowest BCUT2D eigenvalue weighted by Crippen LogP contribution is -1.83. The normalized spacial score (nSPS) is 12.1. The highest BCUT2D eigenvalue weighted by molar-refractivity contribution is 9.14. The lowest BCUT2D eigenvalue weighted by molar-refractivity contribution is 0.232. The summed E-state index contributed by atoms with van der Waals surface area (Å²) >= 11 is 6.35. The van der Waals surface area contributed by atoms with Gasteiger partial charge in [0.25, 0.3) is 0 Å². The first-order chi connectivity index (χ1) is 3.31. The van der Waals surface area contributed by atoms with E-state index in [1.807, 2.05) is 0 Å². The lowest BCUT2D eigenvalue weighted by Gasteiger charge is -1.90. The first kappa shape index (κ1) is 7.66. The van der Waals surface area contributed by atoms with Crippen molar-refractivity contribution in [2.75, 3.05) is 13.7 Å². The largest absolute Gasteiger partial charge is 0.379 e. The molecule has 0 aromatic carbocycles. The molecule has 0 aliphatic carbocycles. The highest BCUT2D eigenvalue weighted by Gasteiger charge is 1.83. The fraction of sp³-hybridized carbons (Fsp3) is 0.500. The Kier molecular flexibility index (Phi) is 5.26. The van der Waals surface area contributed by atoms with Crippen LogP contribution < -0.4 is 0 Å². The number of ether oxygens (including phenoxy) is 1. The average molecular weight is 230 g/mol. The van der Waals surface area contributed by atoms with Crippen molar-refractivity contribution in [3.63, 3.8) is 0 Å². The van der Waals surface area contributed by atoms with Crippen LogP contribution in [0.5, 0.6) is 0 Å². The molecule has 0 N–H and O–H groups in total. The Bertz CT molecular complexity index is 70.1. The van der Waals surface area contributed by atoms with Crippen molar-refractivity contribution in [2.24, 2.45) is 0 Å². The van der Waals surface area contributed by atoms with E-state index >= 15 is 0 Å². The van der Waals surface area contributed by atoms with E-state index in [9.17, 15) is 0 Å².